The monoisotopic (exact) mass is 1560 g/mol. The predicted molar refractivity (Wildman–Crippen MR) is 454 cm³/mol. The highest BCUT2D eigenvalue weighted by Crippen LogP contribution is 2.45. The van der Waals surface area contributed by atoms with Crippen molar-refractivity contribution < 1.29 is 75.8 Å². The standard InChI is InChI=1S/C91H152O16P2/c1-4-7-10-13-16-19-22-25-28-31-34-36-38-39-40-41-42-43-44-45-47-49-51-53-56-59-62-65-68-71-74-77-89(94)101-80-86(92)81-103-108(97,98)104-82-87(93)83-105-109(99,100)106-85-88(107-91(96)79-76-73-70-67-64-61-58-55-50-33-30-27-24-21-18-15-12-9-6-3)84-102-90(95)78-75-72-69-66-63-60-57-54-52-48-46-37-35-32-29-26-23-20-17-14-11-8-5-2/h8-9,11-12,16-21,25-30,34-37,39-40,48,50,52,55,57,60,86-88,92-93H,4-7,10,13-15,22-24,31-33,38,41-47,49,51,53-54,56,58-59,61-85H2,1-3H3,(H,97,98)(H,99,100)/b11-8-,12-9-,19-16-,20-17-,21-18-,28-25-,29-26-,30-27-,36-34-,37-35-,40-39-,52-48-,55-50-,60-57-. The van der Waals surface area contributed by atoms with E-state index in [-0.39, 0.29) is 19.3 Å². The first kappa shape index (κ1) is 104. The number of carbonyl (C=O) groups excluding carboxylic acids is 3. The zero-order chi connectivity index (χ0) is 79.4. The normalized spacial score (nSPS) is 14.7. The van der Waals surface area contributed by atoms with Crippen molar-refractivity contribution in [3.63, 3.8) is 0 Å². The third kappa shape index (κ3) is 83.7. The fraction of sp³-hybridized carbons (Fsp3) is 0.659. The van der Waals surface area contributed by atoms with Crippen LogP contribution in [0.5, 0.6) is 0 Å². The van der Waals surface area contributed by atoms with Gasteiger partial charge >= 0.3 is 33.6 Å². The SMILES string of the molecule is CC/C=C\C/C=C\C/C=C\C/C=C\C/C=C\C/C=C\CCCCCCC(=O)OCC(COP(=O)(O)OCC(O)COP(=O)(O)OCC(O)COC(=O)CCCCCCCCCCCCCCCCC/C=C\C/C=C\C/C=C\C/C=C\CCCCC)OC(=O)CCCCCCCC/C=C\C/C=C\C/C=C\C/C=C\CC. The Labute approximate surface area is 662 Å². The zero-order valence-electron chi connectivity index (χ0n) is 68.2. The number of phosphoric acid groups is 2. The molecule has 18 heteroatoms. The highest BCUT2D eigenvalue weighted by Gasteiger charge is 2.29. The number of unbranched alkanes of at least 4 members (excludes halogenated alkanes) is 28. The molecular weight excluding hydrogens is 1410 g/mol. The Hall–Kier alpha value is -5.09. The van der Waals surface area contributed by atoms with Gasteiger partial charge in [0.25, 0.3) is 0 Å². The van der Waals surface area contributed by atoms with E-state index in [4.69, 9.17) is 32.3 Å². The maximum atomic E-state index is 13.0. The molecular formula is C91H152O16P2. The first-order valence-electron chi connectivity index (χ1n) is 42.4. The molecule has 0 spiro atoms. The van der Waals surface area contributed by atoms with Crippen molar-refractivity contribution in [1.82, 2.24) is 0 Å². The summed E-state index contributed by atoms with van der Waals surface area (Å²) in [6.07, 6.45) is 105. The van der Waals surface area contributed by atoms with E-state index in [9.17, 15) is 43.5 Å². The van der Waals surface area contributed by atoms with Crippen LogP contribution in [0.25, 0.3) is 0 Å². The lowest BCUT2D eigenvalue weighted by atomic mass is 10.0. The van der Waals surface area contributed by atoms with Gasteiger partial charge in [-0.15, -0.1) is 0 Å². The second kappa shape index (κ2) is 82.4. The number of allylic oxidation sites excluding steroid dienone is 28. The maximum Gasteiger partial charge on any atom is 0.472 e. The molecule has 16 nitrogen and oxygen atoms in total. The minimum atomic E-state index is -4.95. The summed E-state index contributed by atoms with van der Waals surface area (Å²) in [5, 5.41) is 20.7. The number of hydrogen-bond acceptors (Lipinski definition) is 14. The first-order chi connectivity index (χ1) is 53.2. The summed E-state index contributed by atoms with van der Waals surface area (Å²) in [4.78, 5) is 58.8. The van der Waals surface area contributed by atoms with Crippen molar-refractivity contribution in [3.05, 3.63) is 170 Å². The molecule has 0 radical (unpaired) electrons. The minimum Gasteiger partial charge on any atom is -0.463 e. The lowest BCUT2D eigenvalue weighted by Gasteiger charge is -2.21. The number of ether oxygens (including phenoxy) is 3. The summed E-state index contributed by atoms with van der Waals surface area (Å²) in [7, 11) is -9.82. The Morgan fingerprint density at radius 2 is 0.486 bits per heavy atom. The topological polar surface area (TPSA) is 231 Å². The first-order valence-corrected chi connectivity index (χ1v) is 45.4. The minimum absolute atomic E-state index is 0.0762. The third-order valence-electron chi connectivity index (χ3n) is 17.4. The lowest BCUT2D eigenvalue weighted by molar-refractivity contribution is -0.161. The Morgan fingerprint density at radius 1 is 0.266 bits per heavy atom. The van der Waals surface area contributed by atoms with Crippen LogP contribution in [0.1, 0.15) is 329 Å². The van der Waals surface area contributed by atoms with E-state index in [1.807, 2.05) is 0 Å². The fourth-order valence-electron chi connectivity index (χ4n) is 11.0. The van der Waals surface area contributed by atoms with Gasteiger partial charge in [0.1, 0.15) is 25.4 Å². The van der Waals surface area contributed by atoms with Gasteiger partial charge in [0.2, 0.25) is 0 Å². The molecule has 0 saturated carbocycles. The molecule has 0 aromatic rings. The average molecular weight is 1560 g/mol. The molecule has 0 aliphatic rings. The highest BCUT2D eigenvalue weighted by atomic mass is 31.2. The molecule has 0 aliphatic heterocycles. The van der Waals surface area contributed by atoms with Crippen LogP contribution >= 0.6 is 15.6 Å². The number of aliphatic hydroxyl groups is 2. The Morgan fingerprint density at radius 3 is 0.771 bits per heavy atom. The summed E-state index contributed by atoms with van der Waals surface area (Å²) in [6, 6.07) is 0. The van der Waals surface area contributed by atoms with Gasteiger partial charge in [-0.25, -0.2) is 9.13 Å². The molecule has 5 unspecified atom stereocenters. The largest absolute Gasteiger partial charge is 0.472 e. The molecule has 0 amide bonds. The number of carbonyl (C=O) groups is 3. The van der Waals surface area contributed by atoms with Crippen LogP contribution < -0.4 is 0 Å². The summed E-state index contributed by atoms with van der Waals surface area (Å²) in [5.74, 6) is -1.62. The van der Waals surface area contributed by atoms with Gasteiger partial charge in [-0.05, 0) is 154 Å². The van der Waals surface area contributed by atoms with Gasteiger partial charge in [0, 0.05) is 19.3 Å². The highest BCUT2D eigenvalue weighted by molar-refractivity contribution is 7.47. The van der Waals surface area contributed by atoms with Crippen molar-refractivity contribution >= 4 is 33.6 Å². The molecule has 5 atom stereocenters. The third-order valence-corrected chi connectivity index (χ3v) is 19.3. The molecule has 0 saturated heterocycles. The van der Waals surface area contributed by atoms with Crippen molar-refractivity contribution in [2.24, 2.45) is 0 Å². The molecule has 0 heterocycles. The van der Waals surface area contributed by atoms with Crippen LogP contribution in [0.15, 0.2) is 170 Å². The van der Waals surface area contributed by atoms with Crippen LogP contribution in [0.3, 0.4) is 0 Å². The molecule has 0 rings (SSSR count). The summed E-state index contributed by atoms with van der Waals surface area (Å²) >= 11 is 0. The number of esters is 3. The predicted octanol–water partition coefficient (Wildman–Crippen LogP) is 25.5. The molecule has 109 heavy (non-hydrogen) atoms. The van der Waals surface area contributed by atoms with E-state index in [0.717, 1.165) is 167 Å². The van der Waals surface area contributed by atoms with E-state index in [1.54, 1.807) is 0 Å². The zero-order valence-corrected chi connectivity index (χ0v) is 70.0. The van der Waals surface area contributed by atoms with Gasteiger partial charge in [0.05, 0.1) is 26.4 Å². The van der Waals surface area contributed by atoms with Crippen LogP contribution in [-0.4, -0.2) is 95.9 Å². The summed E-state index contributed by atoms with van der Waals surface area (Å²) < 4.78 is 61.3. The Kier molecular flexibility index (Phi) is 78.5. The van der Waals surface area contributed by atoms with E-state index in [2.05, 4.69) is 191 Å². The number of hydrogen-bond donors (Lipinski definition) is 4. The molecule has 4 N–H and O–H groups in total. The number of aliphatic hydroxyl groups excluding tert-OH is 2. The van der Waals surface area contributed by atoms with Crippen LogP contribution in [0, 0.1) is 0 Å². The van der Waals surface area contributed by atoms with Gasteiger partial charge in [-0.1, -0.05) is 326 Å². The number of phosphoric ester groups is 2. The van der Waals surface area contributed by atoms with E-state index < -0.39 is 91.5 Å². The number of rotatable bonds is 79. The molecule has 0 fully saturated rings. The van der Waals surface area contributed by atoms with Crippen molar-refractivity contribution in [3.8, 4) is 0 Å². The molecule has 0 aromatic heterocycles. The second-order valence-corrected chi connectivity index (χ2v) is 30.8. The van der Waals surface area contributed by atoms with Gasteiger partial charge < -0.3 is 34.2 Å². The fourth-order valence-corrected chi connectivity index (χ4v) is 12.6. The summed E-state index contributed by atoms with van der Waals surface area (Å²) in [5.41, 5.74) is 0. The Bertz CT molecular complexity index is 2660. The van der Waals surface area contributed by atoms with E-state index >= 15 is 0 Å². The Balaban J connectivity index is 4.60. The van der Waals surface area contributed by atoms with Crippen LogP contribution in [-0.2, 0) is 55.8 Å². The average Bonchev–Trinajstić information content (AvgIpc) is 0.900. The van der Waals surface area contributed by atoms with Crippen molar-refractivity contribution in [2.45, 2.75) is 347 Å². The molecule has 0 aliphatic carbocycles. The van der Waals surface area contributed by atoms with Gasteiger partial charge in [-0.3, -0.25) is 32.5 Å². The second-order valence-electron chi connectivity index (χ2n) is 27.9. The summed E-state index contributed by atoms with van der Waals surface area (Å²) in [6.45, 7) is 2.39. The van der Waals surface area contributed by atoms with Gasteiger partial charge in [-0.2, -0.15) is 0 Å². The quantitative estimate of drug-likeness (QED) is 0.0146. The van der Waals surface area contributed by atoms with Crippen molar-refractivity contribution in [1.29, 1.82) is 0 Å². The van der Waals surface area contributed by atoms with Gasteiger partial charge in [0.15, 0.2) is 6.10 Å². The molecule has 622 valence electrons. The maximum absolute atomic E-state index is 13.0. The molecule has 0 aromatic carbocycles. The lowest BCUT2D eigenvalue weighted by Crippen LogP contribution is -2.30. The van der Waals surface area contributed by atoms with Crippen LogP contribution in [0.2, 0.25) is 0 Å². The smallest absolute Gasteiger partial charge is 0.463 e. The van der Waals surface area contributed by atoms with Crippen molar-refractivity contribution in [2.75, 3.05) is 39.6 Å². The van der Waals surface area contributed by atoms with E-state index in [0.29, 0.717) is 19.3 Å². The molecule has 0 bridgehead atoms. The van der Waals surface area contributed by atoms with Crippen LogP contribution in [0.4, 0.5) is 0 Å². The van der Waals surface area contributed by atoms with E-state index in [1.165, 1.54) is 103 Å².